The van der Waals surface area contributed by atoms with Crippen LogP contribution < -0.4 is 5.73 Å². The summed E-state index contributed by atoms with van der Waals surface area (Å²) in [6.45, 7) is 6.04. The van der Waals surface area contributed by atoms with Crippen molar-refractivity contribution in [3.63, 3.8) is 0 Å². The van der Waals surface area contributed by atoms with Gasteiger partial charge in [-0.05, 0) is 37.8 Å². The predicted octanol–water partition coefficient (Wildman–Crippen LogP) is 2.94. The molecule has 2 N–H and O–H groups in total. The molecule has 1 amide bonds. The molecule has 1 saturated heterocycles. The van der Waals surface area contributed by atoms with Gasteiger partial charge < -0.3 is 10.6 Å². The van der Waals surface area contributed by atoms with Gasteiger partial charge in [0.25, 0.3) is 0 Å². The molecular formula is C18H31Cl2N3O. The molecule has 2 unspecified atom stereocenters. The second kappa shape index (κ2) is 11.7. The number of halogens is 2. The molecule has 6 heteroatoms. The number of likely N-dealkylation sites (tertiary alicyclic amines) is 1. The van der Waals surface area contributed by atoms with E-state index in [1.807, 2.05) is 18.9 Å². The van der Waals surface area contributed by atoms with Crippen molar-refractivity contribution in [2.45, 2.75) is 38.8 Å². The van der Waals surface area contributed by atoms with Crippen LogP contribution in [0.25, 0.3) is 0 Å². The van der Waals surface area contributed by atoms with Crippen molar-refractivity contribution in [3.8, 4) is 0 Å². The first kappa shape index (κ1) is 23.2. The minimum absolute atomic E-state index is 0. The number of carbonyl (C=O) groups excluding carboxylic acids is 1. The summed E-state index contributed by atoms with van der Waals surface area (Å²) in [4.78, 5) is 16.4. The largest absolute Gasteiger partial charge is 0.345 e. The molecule has 1 aliphatic rings. The zero-order valence-corrected chi connectivity index (χ0v) is 16.3. The Balaban J connectivity index is 0.00000264. The third-order valence-corrected chi connectivity index (χ3v) is 4.39. The molecule has 138 valence electrons. The highest BCUT2D eigenvalue weighted by molar-refractivity contribution is 5.85. The van der Waals surface area contributed by atoms with Gasteiger partial charge in [0, 0.05) is 39.1 Å². The van der Waals surface area contributed by atoms with Crippen molar-refractivity contribution >= 4 is 30.7 Å². The Hall–Kier alpha value is -0.810. The number of hydrogen-bond acceptors (Lipinski definition) is 3. The van der Waals surface area contributed by atoms with Gasteiger partial charge in [0.2, 0.25) is 5.91 Å². The smallest absolute Gasteiger partial charge is 0.222 e. The summed E-state index contributed by atoms with van der Waals surface area (Å²) in [5.41, 5.74) is 7.08. The number of carbonyl (C=O) groups is 1. The zero-order valence-electron chi connectivity index (χ0n) is 14.7. The van der Waals surface area contributed by atoms with Crippen LogP contribution in [0.2, 0.25) is 0 Å². The van der Waals surface area contributed by atoms with Gasteiger partial charge >= 0.3 is 0 Å². The topological polar surface area (TPSA) is 49.6 Å². The van der Waals surface area contributed by atoms with E-state index in [2.05, 4.69) is 35.2 Å². The molecule has 1 aliphatic heterocycles. The maximum absolute atomic E-state index is 12.1. The molecule has 2 rings (SSSR count). The zero-order chi connectivity index (χ0) is 15.9. The Morgan fingerprint density at radius 2 is 2.00 bits per heavy atom. The highest BCUT2D eigenvalue weighted by atomic mass is 35.5. The number of nitrogens with zero attached hydrogens (tertiary/aromatic N) is 2. The highest BCUT2D eigenvalue weighted by Gasteiger charge is 2.24. The van der Waals surface area contributed by atoms with Gasteiger partial charge in [-0.15, -0.1) is 24.8 Å². The third-order valence-electron chi connectivity index (χ3n) is 4.39. The minimum atomic E-state index is 0. The lowest BCUT2D eigenvalue weighted by Gasteiger charge is -2.22. The van der Waals surface area contributed by atoms with Crippen molar-refractivity contribution in [2.24, 2.45) is 11.7 Å². The first-order valence-corrected chi connectivity index (χ1v) is 8.30. The molecule has 1 aromatic carbocycles. The molecule has 1 heterocycles. The molecular weight excluding hydrogens is 345 g/mol. The first-order chi connectivity index (χ1) is 10.5. The predicted molar refractivity (Wildman–Crippen MR) is 105 cm³/mol. The van der Waals surface area contributed by atoms with Gasteiger partial charge in [-0.2, -0.15) is 0 Å². The van der Waals surface area contributed by atoms with Crippen molar-refractivity contribution < 1.29 is 4.79 Å². The van der Waals surface area contributed by atoms with Crippen LogP contribution in [0.15, 0.2) is 30.3 Å². The van der Waals surface area contributed by atoms with Crippen LogP contribution in [0.1, 0.15) is 31.7 Å². The molecule has 1 fully saturated rings. The maximum atomic E-state index is 12.1. The van der Waals surface area contributed by atoms with Gasteiger partial charge in [0.1, 0.15) is 0 Å². The Labute approximate surface area is 158 Å². The van der Waals surface area contributed by atoms with E-state index in [4.69, 9.17) is 5.73 Å². The number of rotatable bonds is 7. The van der Waals surface area contributed by atoms with Crippen LogP contribution in [0.3, 0.4) is 0 Å². The highest BCUT2D eigenvalue weighted by Crippen LogP contribution is 2.19. The molecule has 0 spiro atoms. The molecule has 24 heavy (non-hydrogen) atoms. The fraction of sp³-hybridized carbons (Fsp3) is 0.611. The molecule has 0 bridgehead atoms. The minimum Gasteiger partial charge on any atom is -0.345 e. The quantitative estimate of drug-likeness (QED) is 0.796. The molecule has 0 aromatic heterocycles. The van der Waals surface area contributed by atoms with Crippen LogP contribution in [-0.4, -0.2) is 48.4 Å². The van der Waals surface area contributed by atoms with E-state index in [1.54, 1.807) is 0 Å². The van der Waals surface area contributed by atoms with Gasteiger partial charge in [0.15, 0.2) is 0 Å². The van der Waals surface area contributed by atoms with E-state index in [0.29, 0.717) is 12.3 Å². The average molecular weight is 376 g/mol. The van der Waals surface area contributed by atoms with Crippen molar-refractivity contribution in [2.75, 3.05) is 26.7 Å². The van der Waals surface area contributed by atoms with Crippen LogP contribution in [-0.2, 0) is 11.3 Å². The van der Waals surface area contributed by atoms with Crippen LogP contribution in [0.4, 0.5) is 0 Å². The molecule has 0 radical (unpaired) electrons. The first-order valence-electron chi connectivity index (χ1n) is 8.30. The van der Waals surface area contributed by atoms with E-state index in [1.165, 1.54) is 12.0 Å². The summed E-state index contributed by atoms with van der Waals surface area (Å²) >= 11 is 0. The second-order valence-electron chi connectivity index (χ2n) is 6.67. The van der Waals surface area contributed by atoms with Gasteiger partial charge in [0.05, 0.1) is 0 Å². The van der Waals surface area contributed by atoms with Crippen LogP contribution in [0, 0.1) is 5.92 Å². The Kier molecular flexibility index (Phi) is 11.3. The van der Waals surface area contributed by atoms with Crippen LogP contribution in [0.5, 0.6) is 0 Å². The monoisotopic (exact) mass is 375 g/mol. The maximum Gasteiger partial charge on any atom is 0.222 e. The lowest BCUT2D eigenvalue weighted by atomic mass is 10.1. The van der Waals surface area contributed by atoms with Gasteiger partial charge in [-0.1, -0.05) is 30.3 Å². The van der Waals surface area contributed by atoms with E-state index >= 15 is 0 Å². The fourth-order valence-corrected chi connectivity index (χ4v) is 3.08. The van der Waals surface area contributed by atoms with Gasteiger partial charge in [-0.25, -0.2) is 0 Å². The number of benzene rings is 1. The van der Waals surface area contributed by atoms with E-state index in [9.17, 15) is 4.79 Å². The molecule has 2 atom stereocenters. The summed E-state index contributed by atoms with van der Waals surface area (Å²) in [5.74, 6) is 0.812. The third kappa shape index (κ3) is 7.84. The van der Waals surface area contributed by atoms with E-state index < -0.39 is 0 Å². The van der Waals surface area contributed by atoms with Crippen molar-refractivity contribution in [1.29, 1.82) is 0 Å². The summed E-state index contributed by atoms with van der Waals surface area (Å²) in [5, 5.41) is 0. The Morgan fingerprint density at radius 3 is 2.62 bits per heavy atom. The number of amides is 1. The standard InChI is InChI=1S/C18H29N3O.2ClH/c1-15(19)8-9-18(22)20(2)12-17-10-11-21(14-17)13-16-6-4-3-5-7-16;;/h3-7,15,17H,8-14,19H2,1-2H3;2*1H. The summed E-state index contributed by atoms with van der Waals surface area (Å²) in [6.07, 6.45) is 2.51. The summed E-state index contributed by atoms with van der Waals surface area (Å²) in [7, 11) is 1.92. The average Bonchev–Trinajstić information content (AvgIpc) is 2.92. The fourth-order valence-electron chi connectivity index (χ4n) is 3.08. The van der Waals surface area contributed by atoms with Crippen LogP contribution >= 0.6 is 24.8 Å². The Bertz CT molecular complexity index is 471. The van der Waals surface area contributed by atoms with Crippen molar-refractivity contribution in [1.82, 2.24) is 9.80 Å². The lowest BCUT2D eigenvalue weighted by Crippen LogP contribution is -2.33. The second-order valence-corrected chi connectivity index (χ2v) is 6.67. The molecule has 1 aromatic rings. The van der Waals surface area contributed by atoms with E-state index in [-0.39, 0.29) is 36.8 Å². The molecule has 4 nitrogen and oxygen atoms in total. The van der Waals surface area contributed by atoms with Gasteiger partial charge in [-0.3, -0.25) is 9.69 Å². The number of nitrogens with two attached hydrogens (primary N) is 1. The summed E-state index contributed by atoms with van der Waals surface area (Å²) < 4.78 is 0. The summed E-state index contributed by atoms with van der Waals surface area (Å²) in [6, 6.07) is 10.7. The molecule has 0 saturated carbocycles. The normalized spacial score (nSPS) is 18.4. The lowest BCUT2D eigenvalue weighted by molar-refractivity contribution is -0.130. The molecule has 0 aliphatic carbocycles. The van der Waals surface area contributed by atoms with E-state index in [0.717, 1.165) is 32.6 Å². The SMILES string of the molecule is CC(N)CCC(=O)N(C)CC1CCN(Cc2ccccc2)C1.Cl.Cl. The number of hydrogen-bond donors (Lipinski definition) is 1. The van der Waals surface area contributed by atoms with Crippen molar-refractivity contribution in [3.05, 3.63) is 35.9 Å². The Morgan fingerprint density at radius 1 is 1.33 bits per heavy atom.